The summed E-state index contributed by atoms with van der Waals surface area (Å²) in [4.78, 5) is 16.4. The van der Waals surface area contributed by atoms with Crippen molar-refractivity contribution in [2.75, 3.05) is 19.8 Å². The van der Waals surface area contributed by atoms with E-state index in [0.29, 0.717) is 18.2 Å². The SMILES string of the molecule is Cn1cc(-c2nc(C(=O)NC[C@H]3CCOC3)cs2)cn1. The molecule has 106 valence electrons. The van der Waals surface area contributed by atoms with Crippen molar-refractivity contribution in [3.05, 3.63) is 23.5 Å². The van der Waals surface area contributed by atoms with Gasteiger partial charge in [0.05, 0.1) is 12.8 Å². The van der Waals surface area contributed by atoms with Gasteiger partial charge in [-0.2, -0.15) is 5.10 Å². The molecule has 1 fully saturated rings. The van der Waals surface area contributed by atoms with Gasteiger partial charge in [-0.25, -0.2) is 4.98 Å². The zero-order valence-corrected chi connectivity index (χ0v) is 12.0. The Labute approximate surface area is 120 Å². The molecule has 3 rings (SSSR count). The van der Waals surface area contributed by atoms with Crippen LogP contribution in [0.3, 0.4) is 0 Å². The summed E-state index contributed by atoms with van der Waals surface area (Å²) in [6.45, 7) is 2.18. The van der Waals surface area contributed by atoms with E-state index in [1.165, 1.54) is 11.3 Å². The molecular formula is C13H16N4O2S. The molecule has 1 aliphatic heterocycles. The molecule has 0 bridgehead atoms. The van der Waals surface area contributed by atoms with Gasteiger partial charge in [-0.15, -0.1) is 11.3 Å². The molecule has 3 heterocycles. The smallest absolute Gasteiger partial charge is 0.270 e. The Kier molecular flexibility index (Phi) is 3.79. The average molecular weight is 292 g/mol. The quantitative estimate of drug-likeness (QED) is 0.922. The van der Waals surface area contributed by atoms with Gasteiger partial charge >= 0.3 is 0 Å². The van der Waals surface area contributed by atoms with Crippen LogP contribution in [0, 0.1) is 5.92 Å². The monoisotopic (exact) mass is 292 g/mol. The molecule has 0 aliphatic carbocycles. The number of carbonyl (C=O) groups is 1. The van der Waals surface area contributed by atoms with Gasteiger partial charge in [0.1, 0.15) is 10.7 Å². The van der Waals surface area contributed by atoms with Gasteiger partial charge < -0.3 is 10.1 Å². The first-order valence-corrected chi connectivity index (χ1v) is 7.41. The maximum Gasteiger partial charge on any atom is 0.270 e. The minimum Gasteiger partial charge on any atom is -0.381 e. The predicted molar refractivity (Wildman–Crippen MR) is 75.6 cm³/mol. The highest BCUT2D eigenvalue weighted by atomic mass is 32.1. The number of hydrogen-bond acceptors (Lipinski definition) is 5. The fourth-order valence-corrected chi connectivity index (χ4v) is 2.89. The zero-order chi connectivity index (χ0) is 13.9. The van der Waals surface area contributed by atoms with E-state index in [9.17, 15) is 4.79 Å². The number of amides is 1. The van der Waals surface area contributed by atoms with E-state index in [2.05, 4.69) is 15.4 Å². The van der Waals surface area contributed by atoms with Gasteiger partial charge in [0.25, 0.3) is 5.91 Å². The van der Waals surface area contributed by atoms with Gasteiger partial charge in [-0.05, 0) is 6.42 Å². The van der Waals surface area contributed by atoms with Crippen LogP contribution >= 0.6 is 11.3 Å². The van der Waals surface area contributed by atoms with Crippen molar-refractivity contribution in [1.82, 2.24) is 20.1 Å². The molecule has 0 unspecified atom stereocenters. The second-order valence-electron chi connectivity index (χ2n) is 4.88. The van der Waals surface area contributed by atoms with E-state index in [-0.39, 0.29) is 5.91 Å². The Hall–Kier alpha value is -1.73. The Morgan fingerprint density at radius 1 is 1.65 bits per heavy atom. The van der Waals surface area contributed by atoms with Crippen LogP contribution in [0.2, 0.25) is 0 Å². The van der Waals surface area contributed by atoms with Crippen LogP contribution in [-0.4, -0.2) is 40.4 Å². The van der Waals surface area contributed by atoms with Gasteiger partial charge in [0.2, 0.25) is 0 Å². The number of nitrogens with one attached hydrogen (secondary N) is 1. The van der Waals surface area contributed by atoms with Gasteiger partial charge in [0.15, 0.2) is 0 Å². The number of carbonyl (C=O) groups excluding carboxylic acids is 1. The Balaban J connectivity index is 1.62. The summed E-state index contributed by atoms with van der Waals surface area (Å²) in [7, 11) is 1.86. The second kappa shape index (κ2) is 5.72. The first kappa shape index (κ1) is 13.3. The number of aryl methyl sites for hydroxylation is 1. The molecule has 2 aromatic rings. The molecule has 1 aliphatic rings. The van der Waals surface area contributed by atoms with Crippen molar-refractivity contribution >= 4 is 17.2 Å². The number of hydrogen-bond donors (Lipinski definition) is 1. The normalized spacial score (nSPS) is 18.4. The van der Waals surface area contributed by atoms with Crippen LogP contribution in [0.15, 0.2) is 17.8 Å². The highest BCUT2D eigenvalue weighted by Gasteiger charge is 2.18. The maximum absolute atomic E-state index is 12.0. The molecule has 1 amide bonds. The van der Waals surface area contributed by atoms with Crippen molar-refractivity contribution in [2.45, 2.75) is 6.42 Å². The van der Waals surface area contributed by atoms with E-state index in [0.717, 1.165) is 30.2 Å². The first-order chi connectivity index (χ1) is 9.72. The van der Waals surface area contributed by atoms with Gasteiger partial charge in [-0.3, -0.25) is 9.48 Å². The zero-order valence-electron chi connectivity index (χ0n) is 11.2. The van der Waals surface area contributed by atoms with Gasteiger partial charge in [-0.1, -0.05) is 0 Å². The Bertz CT molecular complexity index is 601. The van der Waals surface area contributed by atoms with Crippen molar-refractivity contribution in [3.8, 4) is 10.6 Å². The van der Waals surface area contributed by atoms with E-state index in [1.807, 2.05) is 13.2 Å². The van der Waals surface area contributed by atoms with Crippen molar-refractivity contribution in [3.63, 3.8) is 0 Å². The summed E-state index contributed by atoms with van der Waals surface area (Å²) in [6, 6.07) is 0. The number of thiazole rings is 1. The van der Waals surface area contributed by atoms with Crippen LogP contribution < -0.4 is 5.32 Å². The summed E-state index contributed by atoms with van der Waals surface area (Å²) in [5.74, 6) is 0.304. The fourth-order valence-electron chi connectivity index (χ4n) is 2.11. The molecule has 7 heteroatoms. The number of aromatic nitrogens is 3. The molecular weight excluding hydrogens is 276 g/mol. The lowest BCUT2D eigenvalue weighted by Crippen LogP contribution is -2.29. The van der Waals surface area contributed by atoms with Crippen molar-refractivity contribution in [1.29, 1.82) is 0 Å². The molecule has 0 spiro atoms. The van der Waals surface area contributed by atoms with Crippen LogP contribution in [0.1, 0.15) is 16.9 Å². The minimum atomic E-state index is -0.122. The molecule has 0 aromatic carbocycles. The van der Waals surface area contributed by atoms with Crippen LogP contribution in [0.25, 0.3) is 10.6 Å². The van der Waals surface area contributed by atoms with Crippen molar-refractivity contribution < 1.29 is 9.53 Å². The largest absolute Gasteiger partial charge is 0.381 e. The van der Waals surface area contributed by atoms with Crippen molar-refractivity contribution in [2.24, 2.45) is 13.0 Å². The van der Waals surface area contributed by atoms with E-state index < -0.39 is 0 Å². The van der Waals surface area contributed by atoms with Crippen LogP contribution in [-0.2, 0) is 11.8 Å². The molecule has 6 nitrogen and oxygen atoms in total. The fraction of sp³-hybridized carbons (Fsp3) is 0.462. The molecule has 0 saturated carbocycles. The summed E-state index contributed by atoms with van der Waals surface area (Å²) >= 11 is 1.45. The third-order valence-electron chi connectivity index (χ3n) is 3.26. The predicted octanol–water partition coefficient (Wildman–Crippen LogP) is 1.31. The minimum absolute atomic E-state index is 0.122. The number of rotatable bonds is 4. The molecule has 0 radical (unpaired) electrons. The lowest BCUT2D eigenvalue weighted by Gasteiger charge is -2.07. The van der Waals surface area contributed by atoms with E-state index in [4.69, 9.17) is 4.74 Å². The molecule has 20 heavy (non-hydrogen) atoms. The summed E-state index contributed by atoms with van der Waals surface area (Å²) < 4.78 is 7.00. The molecule has 1 atom stereocenters. The third kappa shape index (κ3) is 2.88. The van der Waals surface area contributed by atoms with E-state index >= 15 is 0 Å². The third-order valence-corrected chi connectivity index (χ3v) is 4.16. The topological polar surface area (TPSA) is 69.0 Å². The van der Waals surface area contributed by atoms with E-state index in [1.54, 1.807) is 16.3 Å². The number of nitrogens with zero attached hydrogens (tertiary/aromatic N) is 3. The summed E-state index contributed by atoms with van der Waals surface area (Å²) in [5.41, 5.74) is 1.40. The summed E-state index contributed by atoms with van der Waals surface area (Å²) in [6.07, 6.45) is 4.64. The Morgan fingerprint density at radius 2 is 2.55 bits per heavy atom. The maximum atomic E-state index is 12.0. The van der Waals surface area contributed by atoms with Gasteiger partial charge in [0, 0.05) is 43.3 Å². The molecule has 2 aromatic heterocycles. The lowest BCUT2D eigenvalue weighted by atomic mass is 10.1. The number of ether oxygens (including phenoxy) is 1. The molecule has 1 N–H and O–H groups in total. The molecule has 1 saturated heterocycles. The van der Waals surface area contributed by atoms with Crippen LogP contribution in [0.4, 0.5) is 0 Å². The standard InChI is InChI=1S/C13H16N4O2S/c1-17-6-10(5-15-17)13-16-11(8-20-13)12(18)14-4-9-2-3-19-7-9/h5-6,8-9H,2-4,7H2,1H3,(H,14,18)/t9-/m1/s1. The highest BCUT2D eigenvalue weighted by Crippen LogP contribution is 2.22. The second-order valence-corrected chi connectivity index (χ2v) is 5.74. The summed E-state index contributed by atoms with van der Waals surface area (Å²) in [5, 5.41) is 9.61. The average Bonchev–Trinajstić information content (AvgIpc) is 3.16. The highest BCUT2D eigenvalue weighted by molar-refractivity contribution is 7.13. The Morgan fingerprint density at radius 3 is 3.25 bits per heavy atom. The lowest BCUT2D eigenvalue weighted by molar-refractivity contribution is 0.0941. The first-order valence-electron chi connectivity index (χ1n) is 6.53. The van der Waals surface area contributed by atoms with Crippen LogP contribution in [0.5, 0.6) is 0 Å².